The summed E-state index contributed by atoms with van der Waals surface area (Å²) in [5.41, 5.74) is 1.36. The van der Waals surface area contributed by atoms with Crippen molar-refractivity contribution in [2.24, 2.45) is 0 Å². The highest BCUT2D eigenvalue weighted by Crippen LogP contribution is 2.32. The van der Waals surface area contributed by atoms with E-state index in [0.29, 0.717) is 35.8 Å². The van der Waals surface area contributed by atoms with Crippen molar-refractivity contribution in [2.45, 2.75) is 32.9 Å². The molecule has 7 nitrogen and oxygen atoms in total. The standard InChI is InChI=1S/C24H27NO6/c1-15-21(22(26)16-6-8-17(30-5)9-7-16)19-11-10-18(31-24(2,3)23(27)28)14-20(19)25(15)12-13-29-4/h6-11,14H,12-13H2,1-5H3,(H,27,28). The molecule has 1 N–H and O–H groups in total. The van der Waals surface area contributed by atoms with E-state index in [1.54, 1.807) is 56.7 Å². The number of carboxylic acids is 1. The van der Waals surface area contributed by atoms with Crippen molar-refractivity contribution in [1.29, 1.82) is 0 Å². The zero-order valence-electron chi connectivity index (χ0n) is 18.4. The van der Waals surface area contributed by atoms with Gasteiger partial charge in [0, 0.05) is 36.4 Å². The van der Waals surface area contributed by atoms with Crippen LogP contribution in [0.15, 0.2) is 42.5 Å². The molecule has 0 aliphatic carbocycles. The number of hydrogen-bond donors (Lipinski definition) is 1. The van der Waals surface area contributed by atoms with Crippen LogP contribution >= 0.6 is 0 Å². The highest BCUT2D eigenvalue weighted by molar-refractivity contribution is 6.17. The Bertz CT molecular complexity index is 1110. The first-order valence-corrected chi connectivity index (χ1v) is 9.92. The van der Waals surface area contributed by atoms with Crippen molar-refractivity contribution >= 4 is 22.7 Å². The van der Waals surface area contributed by atoms with Crippen LogP contribution in [0.2, 0.25) is 0 Å². The Morgan fingerprint density at radius 2 is 1.68 bits per heavy atom. The second-order valence-electron chi connectivity index (χ2n) is 7.76. The van der Waals surface area contributed by atoms with E-state index < -0.39 is 11.6 Å². The average Bonchev–Trinajstić information content (AvgIpc) is 3.02. The molecule has 164 valence electrons. The lowest BCUT2D eigenvalue weighted by Gasteiger charge is -2.21. The van der Waals surface area contributed by atoms with E-state index in [4.69, 9.17) is 14.2 Å². The van der Waals surface area contributed by atoms with Crippen molar-refractivity contribution < 1.29 is 28.9 Å². The normalized spacial score (nSPS) is 11.5. The molecule has 0 fully saturated rings. The lowest BCUT2D eigenvalue weighted by atomic mass is 10.0. The number of hydrogen-bond acceptors (Lipinski definition) is 5. The molecular weight excluding hydrogens is 398 g/mol. The minimum Gasteiger partial charge on any atom is -0.497 e. The van der Waals surface area contributed by atoms with Gasteiger partial charge in [0.05, 0.1) is 24.8 Å². The van der Waals surface area contributed by atoms with Gasteiger partial charge in [0.25, 0.3) is 0 Å². The van der Waals surface area contributed by atoms with Crippen LogP contribution in [-0.4, -0.2) is 47.9 Å². The number of ketones is 1. The largest absolute Gasteiger partial charge is 0.497 e. The Morgan fingerprint density at radius 1 is 1.03 bits per heavy atom. The maximum atomic E-state index is 13.4. The lowest BCUT2D eigenvalue weighted by molar-refractivity contribution is -0.152. The van der Waals surface area contributed by atoms with E-state index in [2.05, 4.69) is 0 Å². The van der Waals surface area contributed by atoms with E-state index in [1.165, 1.54) is 13.8 Å². The summed E-state index contributed by atoms with van der Waals surface area (Å²) in [6.07, 6.45) is 0. The summed E-state index contributed by atoms with van der Waals surface area (Å²) in [7, 11) is 3.20. The molecule has 0 radical (unpaired) electrons. The van der Waals surface area contributed by atoms with Gasteiger partial charge in [-0.05, 0) is 57.2 Å². The van der Waals surface area contributed by atoms with Crippen LogP contribution in [0.25, 0.3) is 10.9 Å². The smallest absolute Gasteiger partial charge is 0.347 e. The summed E-state index contributed by atoms with van der Waals surface area (Å²) in [4.78, 5) is 24.8. The number of nitrogens with zero attached hydrogens (tertiary/aromatic N) is 1. The molecule has 1 heterocycles. The molecule has 0 saturated carbocycles. The summed E-state index contributed by atoms with van der Waals surface area (Å²) in [5, 5.41) is 10.1. The Morgan fingerprint density at radius 3 is 2.26 bits per heavy atom. The number of ether oxygens (including phenoxy) is 3. The maximum absolute atomic E-state index is 13.4. The summed E-state index contributed by atoms with van der Waals surface area (Å²) >= 11 is 0. The number of carbonyl (C=O) groups excluding carboxylic acids is 1. The van der Waals surface area contributed by atoms with Gasteiger partial charge >= 0.3 is 5.97 Å². The van der Waals surface area contributed by atoms with Gasteiger partial charge in [-0.1, -0.05) is 0 Å². The molecule has 0 aliphatic heterocycles. The quantitative estimate of drug-likeness (QED) is 0.520. The molecule has 0 aliphatic rings. The molecule has 7 heteroatoms. The van der Waals surface area contributed by atoms with E-state index >= 15 is 0 Å². The molecule has 0 unspecified atom stereocenters. The van der Waals surface area contributed by atoms with E-state index in [9.17, 15) is 14.7 Å². The second kappa shape index (κ2) is 8.81. The Hall–Kier alpha value is -3.32. The number of aliphatic carboxylic acids is 1. The van der Waals surface area contributed by atoms with Gasteiger partial charge in [0.15, 0.2) is 11.4 Å². The highest BCUT2D eigenvalue weighted by Gasteiger charge is 2.30. The van der Waals surface area contributed by atoms with Gasteiger partial charge in [0.1, 0.15) is 11.5 Å². The minimum atomic E-state index is -1.38. The first kappa shape index (κ1) is 22.4. The number of carbonyl (C=O) groups is 2. The van der Waals surface area contributed by atoms with E-state index in [1.807, 2.05) is 11.5 Å². The zero-order valence-corrected chi connectivity index (χ0v) is 18.4. The van der Waals surface area contributed by atoms with Gasteiger partial charge < -0.3 is 23.9 Å². The van der Waals surface area contributed by atoms with Crippen LogP contribution in [0.5, 0.6) is 11.5 Å². The molecule has 0 spiro atoms. The van der Waals surface area contributed by atoms with Gasteiger partial charge in [-0.3, -0.25) is 4.79 Å². The van der Waals surface area contributed by atoms with Crippen LogP contribution in [0, 0.1) is 6.92 Å². The zero-order chi connectivity index (χ0) is 22.8. The van der Waals surface area contributed by atoms with Crippen molar-refractivity contribution in [3.8, 4) is 11.5 Å². The van der Waals surface area contributed by atoms with Gasteiger partial charge in [-0.25, -0.2) is 4.79 Å². The third kappa shape index (κ3) is 4.41. The molecular formula is C24H27NO6. The fourth-order valence-electron chi connectivity index (χ4n) is 3.50. The first-order valence-electron chi connectivity index (χ1n) is 9.92. The van der Waals surface area contributed by atoms with Crippen LogP contribution in [0.4, 0.5) is 0 Å². The summed E-state index contributed by atoms with van der Waals surface area (Å²) in [5.74, 6) is -0.0621. The Kier molecular flexibility index (Phi) is 6.36. The number of rotatable bonds is 9. The summed E-state index contributed by atoms with van der Waals surface area (Å²) < 4.78 is 18.1. The topological polar surface area (TPSA) is 87.0 Å². The molecule has 0 atom stereocenters. The second-order valence-corrected chi connectivity index (χ2v) is 7.76. The van der Waals surface area contributed by atoms with Gasteiger partial charge in [-0.2, -0.15) is 0 Å². The molecule has 0 amide bonds. The van der Waals surface area contributed by atoms with E-state index in [-0.39, 0.29) is 5.78 Å². The summed E-state index contributed by atoms with van der Waals surface area (Å²) in [6.45, 7) is 5.89. The predicted molar refractivity (Wildman–Crippen MR) is 117 cm³/mol. The number of methoxy groups -OCH3 is 2. The molecule has 3 rings (SSSR count). The van der Waals surface area contributed by atoms with E-state index in [0.717, 1.165) is 16.6 Å². The molecule has 1 aromatic heterocycles. The van der Waals surface area contributed by atoms with Crippen LogP contribution in [0.3, 0.4) is 0 Å². The first-order chi connectivity index (χ1) is 14.7. The van der Waals surface area contributed by atoms with Crippen molar-refractivity contribution in [2.75, 3.05) is 20.8 Å². The lowest BCUT2D eigenvalue weighted by Crippen LogP contribution is -2.37. The van der Waals surface area contributed by atoms with Crippen LogP contribution < -0.4 is 9.47 Å². The molecule has 0 saturated heterocycles. The number of fused-ring (bicyclic) bond motifs is 1. The molecule has 0 bridgehead atoms. The third-order valence-electron chi connectivity index (χ3n) is 5.28. The minimum absolute atomic E-state index is 0.0964. The highest BCUT2D eigenvalue weighted by atomic mass is 16.5. The average molecular weight is 425 g/mol. The van der Waals surface area contributed by atoms with Crippen molar-refractivity contribution in [3.05, 3.63) is 59.3 Å². The van der Waals surface area contributed by atoms with Gasteiger partial charge in [-0.15, -0.1) is 0 Å². The molecule has 2 aromatic carbocycles. The SMILES string of the molecule is COCCn1c(C)c(C(=O)c2ccc(OC)cc2)c2ccc(OC(C)(C)C(=O)O)cc21. The number of aromatic nitrogens is 1. The third-order valence-corrected chi connectivity index (χ3v) is 5.28. The monoisotopic (exact) mass is 425 g/mol. The Labute approximate surface area is 181 Å². The maximum Gasteiger partial charge on any atom is 0.347 e. The molecule has 3 aromatic rings. The summed E-state index contributed by atoms with van der Waals surface area (Å²) in [6, 6.07) is 12.3. The fraction of sp³-hybridized carbons (Fsp3) is 0.333. The van der Waals surface area contributed by atoms with Crippen LogP contribution in [0.1, 0.15) is 35.5 Å². The Balaban J connectivity index is 2.11. The van der Waals surface area contributed by atoms with Crippen LogP contribution in [-0.2, 0) is 16.1 Å². The fourth-order valence-corrected chi connectivity index (χ4v) is 3.50. The molecule has 31 heavy (non-hydrogen) atoms. The number of benzene rings is 2. The number of carboxylic acid groups (broad SMARTS) is 1. The van der Waals surface area contributed by atoms with Crippen molar-refractivity contribution in [3.63, 3.8) is 0 Å². The van der Waals surface area contributed by atoms with Gasteiger partial charge in [0.2, 0.25) is 0 Å². The van der Waals surface area contributed by atoms with Crippen molar-refractivity contribution in [1.82, 2.24) is 4.57 Å². The predicted octanol–water partition coefficient (Wildman–Crippen LogP) is 4.08.